The second kappa shape index (κ2) is 17.7. The van der Waals surface area contributed by atoms with E-state index in [4.69, 9.17) is 9.47 Å². The lowest BCUT2D eigenvalue weighted by Crippen LogP contribution is -2.60. The van der Waals surface area contributed by atoms with Crippen molar-refractivity contribution in [3.63, 3.8) is 0 Å². The lowest BCUT2D eigenvalue weighted by molar-refractivity contribution is -0.153. The minimum Gasteiger partial charge on any atom is -0.465 e. The van der Waals surface area contributed by atoms with E-state index in [1.54, 1.807) is 7.11 Å². The summed E-state index contributed by atoms with van der Waals surface area (Å²) in [7, 11) is 5.76. The molecule has 1 fully saturated rings. The molecule has 1 amide bonds. The Balaban J connectivity index is 0.000000223. The number of nitrogens with zero attached hydrogens (tertiary/aromatic N) is 3. The lowest BCUT2D eigenvalue weighted by atomic mass is 9.68. The molecule has 2 heterocycles. The summed E-state index contributed by atoms with van der Waals surface area (Å²) in [5.74, 6) is 0.0551. The predicted molar refractivity (Wildman–Crippen MR) is 193 cm³/mol. The second-order valence-corrected chi connectivity index (χ2v) is 13.7. The van der Waals surface area contributed by atoms with Crippen molar-refractivity contribution < 1.29 is 19.1 Å². The summed E-state index contributed by atoms with van der Waals surface area (Å²) in [5.41, 5.74) is 1.16. The highest BCUT2D eigenvalue weighted by Crippen LogP contribution is 2.40. The molecular formula is C39H53N3O4S. The third-order valence-electron chi connectivity index (χ3n) is 9.51. The van der Waals surface area contributed by atoms with Crippen LogP contribution >= 0.6 is 11.3 Å². The first-order chi connectivity index (χ1) is 22.8. The van der Waals surface area contributed by atoms with E-state index < -0.39 is 5.41 Å². The van der Waals surface area contributed by atoms with Crippen LogP contribution in [0.2, 0.25) is 0 Å². The Labute approximate surface area is 286 Å². The number of carbonyl (C=O) groups excluding carboxylic acids is 2. The number of hydrogen-bond acceptors (Lipinski definition) is 7. The van der Waals surface area contributed by atoms with Gasteiger partial charge in [0.2, 0.25) is 5.91 Å². The topological polar surface area (TPSA) is 62.3 Å². The molecule has 0 radical (unpaired) electrons. The van der Waals surface area contributed by atoms with Crippen molar-refractivity contribution in [2.75, 3.05) is 59.0 Å². The summed E-state index contributed by atoms with van der Waals surface area (Å²) in [5, 5.41) is 2.14. The van der Waals surface area contributed by atoms with E-state index in [1.807, 2.05) is 105 Å². The number of hydrogen-bond donors (Lipinski definition) is 0. The van der Waals surface area contributed by atoms with E-state index in [9.17, 15) is 9.59 Å². The fraction of sp³-hybridized carbons (Fsp3) is 0.487. The number of rotatable bonds is 12. The Kier molecular flexibility index (Phi) is 13.8. The molecule has 0 spiro atoms. The van der Waals surface area contributed by atoms with Gasteiger partial charge in [0.15, 0.2) is 0 Å². The first-order valence-electron chi connectivity index (χ1n) is 17.0. The highest BCUT2D eigenvalue weighted by atomic mass is 32.1. The largest absolute Gasteiger partial charge is 0.465 e. The van der Waals surface area contributed by atoms with Gasteiger partial charge in [-0.1, -0.05) is 73.7 Å². The number of amides is 1. The molecule has 5 rings (SSSR count). The van der Waals surface area contributed by atoms with Gasteiger partial charge in [-0.25, -0.2) is 0 Å². The molecule has 7 nitrogen and oxygen atoms in total. The van der Waals surface area contributed by atoms with Gasteiger partial charge in [-0.2, -0.15) is 0 Å². The maximum atomic E-state index is 12.9. The van der Waals surface area contributed by atoms with Crippen molar-refractivity contribution in [2.24, 2.45) is 0 Å². The minimum atomic E-state index is -0.602. The summed E-state index contributed by atoms with van der Waals surface area (Å²) >= 11 is 1.83. The Bertz CT molecular complexity index is 1390. The van der Waals surface area contributed by atoms with E-state index in [0.717, 1.165) is 63.0 Å². The Morgan fingerprint density at radius 3 is 2.19 bits per heavy atom. The summed E-state index contributed by atoms with van der Waals surface area (Å²) < 4.78 is 11.0. The number of allylic oxidation sites excluding steroid dienone is 1. The van der Waals surface area contributed by atoms with Crippen molar-refractivity contribution in [2.45, 2.75) is 69.4 Å². The number of piperidine rings is 1. The smallest absolute Gasteiger partial charge is 0.318 e. The SMILES string of the molecule is CCC(=O)N(c1ccccc1)C1(COC)CCN(CCc2cccs2)CC1.CCOC(=O)[C@]1(c2ccccc2)CCC=C[C@H]1N(C)C. The number of methoxy groups -OCH3 is 1. The molecule has 1 aliphatic heterocycles. The molecular weight excluding hydrogens is 607 g/mol. The van der Waals surface area contributed by atoms with E-state index >= 15 is 0 Å². The number of anilines is 1. The number of para-hydroxylation sites is 1. The molecule has 0 N–H and O–H groups in total. The van der Waals surface area contributed by atoms with Gasteiger partial charge < -0.3 is 24.2 Å². The minimum absolute atomic E-state index is 0.0256. The zero-order valence-corrected chi connectivity index (χ0v) is 29.7. The van der Waals surface area contributed by atoms with Gasteiger partial charge in [0.25, 0.3) is 0 Å². The van der Waals surface area contributed by atoms with E-state index in [2.05, 4.69) is 39.5 Å². The molecule has 1 saturated heterocycles. The van der Waals surface area contributed by atoms with Crippen LogP contribution in [0.1, 0.15) is 56.4 Å². The highest BCUT2D eigenvalue weighted by molar-refractivity contribution is 7.09. The first kappa shape index (κ1) is 36.5. The Morgan fingerprint density at radius 2 is 1.62 bits per heavy atom. The van der Waals surface area contributed by atoms with E-state index in [1.165, 1.54) is 4.88 Å². The number of ether oxygens (including phenoxy) is 2. The van der Waals surface area contributed by atoms with Gasteiger partial charge in [0.1, 0.15) is 5.41 Å². The highest BCUT2D eigenvalue weighted by Gasteiger charge is 2.49. The van der Waals surface area contributed by atoms with Gasteiger partial charge in [-0.15, -0.1) is 11.3 Å². The van der Waals surface area contributed by atoms with Crippen LogP contribution in [0.3, 0.4) is 0 Å². The molecule has 0 bridgehead atoms. The van der Waals surface area contributed by atoms with Crippen LogP contribution in [0.25, 0.3) is 0 Å². The lowest BCUT2D eigenvalue weighted by Gasteiger charge is -2.48. The van der Waals surface area contributed by atoms with Gasteiger partial charge in [-0.3, -0.25) is 9.59 Å². The van der Waals surface area contributed by atoms with Crippen LogP contribution < -0.4 is 4.90 Å². The van der Waals surface area contributed by atoms with Crippen molar-refractivity contribution in [1.29, 1.82) is 0 Å². The Morgan fingerprint density at radius 1 is 0.936 bits per heavy atom. The van der Waals surface area contributed by atoms with Crippen LogP contribution in [-0.2, 0) is 30.9 Å². The van der Waals surface area contributed by atoms with Crippen molar-refractivity contribution in [3.8, 4) is 0 Å². The van der Waals surface area contributed by atoms with Gasteiger partial charge in [-0.05, 0) is 82.3 Å². The summed E-state index contributed by atoms with van der Waals surface area (Å²) in [4.78, 5) is 33.7. The molecule has 2 aromatic carbocycles. The molecule has 0 saturated carbocycles. The molecule has 2 aliphatic rings. The average Bonchev–Trinajstić information content (AvgIpc) is 3.63. The number of benzene rings is 2. The second-order valence-electron chi connectivity index (χ2n) is 12.7. The first-order valence-corrected chi connectivity index (χ1v) is 17.9. The maximum Gasteiger partial charge on any atom is 0.318 e. The van der Waals surface area contributed by atoms with E-state index in [0.29, 0.717) is 19.6 Å². The molecule has 2 atom stereocenters. The number of likely N-dealkylation sites (N-methyl/N-ethyl adjacent to an activating group) is 1. The van der Waals surface area contributed by atoms with Crippen molar-refractivity contribution >= 4 is 28.9 Å². The number of thiophene rings is 1. The standard InChI is InChI=1S/C22H30N2O2S.C17H23NO2/c1-3-21(25)24(19-8-5-4-6-9-19)22(18-26-2)12-15-23(16-13-22)14-11-20-10-7-17-27-20;1-4-20-16(19)17(14-10-6-5-7-11-14)13-9-8-12-15(17)18(2)3/h4-10,17H,3,11-16,18H2,1-2H3;5-8,10-12,15H,4,9,13H2,1-3H3/t;15-,17+/m.1/s1. The zero-order valence-electron chi connectivity index (χ0n) is 28.9. The quantitative estimate of drug-likeness (QED) is 0.155. The maximum absolute atomic E-state index is 12.9. The molecule has 8 heteroatoms. The van der Waals surface area contributed by atoms with Crippen LogP contribution in [-0.4, -0.2) is 87.3 Å². The van der Waals surface area contributed by atoms with Crippen LogP contribution in [0, 0.1) is 0 Å². The fourth-order valence-electron chi connectivity index (χ4n) is 7.15. The number of likely N-dealkylation sites (tertiary alicyclic amines) is 1. The predicted octanol–water partition coefficient (Wildman–Crippen LogP) is 6.98. The van der Waals surface area contributed by atoms with Gasteiger partial charge in [0.05, 0.1) is 18.8 Å². The summed E-state index contributed by atoms with van der Waals surface area (Å²) in [6.45, 7) is 7.86. The van der Waals surface area contributed by atoms with E-state index in [-0.39, 0.29) is 23.5 Å². The monoisotopic (exact) mass is 659 g/mol. The molecule has 1 aromatic heterocycles. The number of esters is 1. The van der Waals surface area contributed by atoms with Crippen LogP contribution in [0.5, 0.6) is 0 Å². The van der Waals surface area contributed by atoms with Crippen LogP contribution in [0.15, 0.2) is 90.3 Å². The van der Waals surface area contributed by atoms with Gasteiger partial charge in [0, 0.05) is 49.8 Å². The Hall–Kier alpha value is -3.30. The molecule has 0 unspecified atom stereocenters. The van der Waals surface area contributed by atoms with Crippen molar-refractivity contribution in [1.82, 2.24) is 9.80 Å². The third kappa shape index (κ3) is 8.79. The molecule has 254 valence electrons. The van der Waals surface area contributed by atoms with Gasteiger partial charge >= 0.3 is 5.97 Å². The summed E-state index contributed by atoms with van der Waals surface area (Å²) in [6, 6.07) is 24.4. The third-order valence-corrected chi connectivity index (χ3v) is 10.4. The fourth-order valence-corrected chi connectivity index (χ4v) is 7.85. The molecule has 3 aromatic rings. The average molecular weight is 660 g/mol. The number of carbonyl (C=O) groups is 2. The zero-order chi connectivity index (χ0) is 33.7. The molecule has 47 heavy (non-hydrogen) atoms. The molecule has 1 aliphatic carbocycles. The van der Waals surface area contributed by atoms with Crippen LogP contribution in [0.4, 0.5) is 5.69 Å². The summed E-state index contributed by atoms with van der Waals surface area (Å²) in [6.07, 6.45) is 9.46. The normalized spacial score (nSPS) is 20.7. The van der Waals surface area contributed by atoms with Crippen molar-refractivity contribution in [3.05, 3.63) is 101 Å².